The molecule has 0 bridgehead atoms. The highest BCUT2D eigenvalue weighted by Crippen LogP contribution is 2.27. The lowest BCUT2D eigenvalue weighted by molar-refractivity contribution is -0.132. The number of hydrogen-bond acceptors (Lipinski definition) is 5. The SMILES string of the molecule is CCN1CCN(C(=O)C(C)Sc2nc3ccccc3c(=O)n2-c2cc(C)cc(C)c2)CC1. The van der Waals surface area contributed by atoms with Crippen LogP contribution >= 0.6 is 11.8 Å². The van der Waals surface area contributed by atoms with Gasteiger partial charge in [-0.3, -0.25) is 14.2 Å². The summed E-state index contributed by atoms with van der Waals surface area (Å²) < 4.78 is 1.66. The van der Waals surface area contributed by atoms with E-state index in [9.17, 15) is 9.59 Å². The Morgan fingerprint density at radius 2 is 1.72 bits per heavy atom. The predicted molar refractivity (Wildman–Crippen MR) is 131 cm³/mol. The number of carbonyl (C=O) groups excluding carboxylic acids is 1. The van der Waals surface area contributed by atoms with Crippen LogP contribution in [-0.2, 0) is 4.79 Å². The maximum absolute atomic E-state index is 13.5. The van der Waals surface area contributed by atoms with Crippen molar-refractivity contribution in [2.45, 2.75) is 38.1 Å². The van der Waals surface area contributed by atoms with E-state index in [0.29, 0.717) is 16.1 Å². The number of aromatic nitrogens is 2. The summed E-state index contributed by atoms with van der Waals surface area (Å²) in [6.45, 7) is 12.4. The van der Waals surface area contributed by atoms with Gasteiger partial charge in [0.2, 0.25) is 5.91 Å². The molecule has 0 aliphatic carbocycles. The largest absolute Gasteiger partial charge is 0.339 e. The van der Waals surface area contributed by atoms with Crippen molar-refractivity contribution in [2.75, 3.05) is 32.7 Å². The molecular weight excluding hydrogens is 420 g/mol. The minimum atomic E-state index is -0.339. The van der Waals surface area contributed by atoms with Crippen molar-refractivity contribution in [1.82, 2.24) is 19.4 Å². The predicted octanol–water partition coefficient (Wildman–Crippen LogP) is 3.65. The number of aryl methyl sites for hydroxylation is 2. The summed E-state index contributed by atoms with van der Waals surface area (Å²) in [5, 5.41) is 0.783. The Morgan fingerprint density at radius 1 is 1.06 bits per heavy atom. The van der Waals surface area contributed by atoms with Gasteiger partial charge in [-0.05, 0) is 62.7 Å². The Bertz CT molecular complexity index is 1180. The van der Waals surface area contributed by atoms with Gasteiger partial charge in [-0.25, -0.2) is 4.98 Å². The number of rotatable bonds is 5. The molecule has 2 aromatic carbocycles. The van der Waals surface area contributed by atoms with E-state index in [-0.39, 0.29) is 16.7 Å². The molecule has 6 nitrogen and oxygen atoms in total. The van der Waals surface area contributed by atoms with E-state index in [2.05, 4.69) is 17.9 Å². The molecule has 2 heterocycles. The van der Waals surface area contributed by atoms with Crippen molar-refractivity contribution >= 4 is 28.6 Å². The van der Waals surface area contributed by atoms with Gasteiger partial charge in [0.15, 0.2) is 5.16 Å². The standard InChI is InChI=1S/C25H30N4O2S/c1-5-27-10-12-28(13-11-27)23(30)19(4)32-25-26-22-9-7-6-8-21(22)24(31)29(25)20-15-17(2)14-18(3)16-20/h6-9,14-16,19H,5,10-13H2,1-4H3. The molecule has 1 saturated heterocycles. The molecule has 7 heteroatoms. The molecule has 1 amide bonds. The Labute approximate surface area is 193 Å². The molecule has 1 aliphatic heterocycles. The second-order valence-corrected chi connectivity index (χ2v) is 9.73. The zero-order valence-corrected chi connectivity index (χ0v) is 20.0. The molecule has 3 aromatic rings. The number of piperazine rings is 1. The zero-order chi connectivity index (χ0) is 22.8. The number of benzene rings is 2. The van der Waals surface area contributed by atoms with Crippen molar-refractivity contribution in [3.8, 4) is 5.69 Å². The number of para-hydroxylation sites is 1. The van der Waals surface area contributed by atoms with Crippen molar-refractivity contribution in [1.29, 1.82) is 0 Å². The third-order valence-electron chi connectivity index (χ3n) is 5.97. The Balaban J connectivity index is 1.71. The summed E-state index contributed by atoms with van der Waals surface area (Å²) in [4.78, 5) is 35.8. The molecule has 0 saturated carbocycles. The first-order chi connectivity index (χ1) is 15.4. The van der Waals surface area contributed by atoms with Crippen molar-refractivity contribution in [3.63, 3.8) is 0 Å². The number of carbonyl (C=O) groups is 1. The van der Waals surface area contributed by atoms with E-state index in [1.54, 1.807) is 10.6 Å². The van der Waals surface area contributed by atoms with E-state index in [4.69, 9.17) is 4.98 Å². The zero-order valence-electron chi connectivity index (χ0n) is 19.2. The summed E-state index contributed by atoms with van der Waals surface area (Å²) in [5.41, 5.74) is 3.48. The Morgan fingerprint density at radius 3 is 2.38 bits per heavy atom. The van der Waals surface area contributed by atoms with Gasteiger partial charge in [0.1, 0.15) is 0 Å². The van der Waals surface area contributed by atoms with Gasteiger partial charge in [0, 0.05) is 26.2 Å². The van der Waals surface area contributed by atoms with Crippen molar-refractivity contribution in [3.05, 3.63) is 63.9 Å². The molecule has 1 atom stereocenters. The van der Waals surface area contributed by atoms with Crippen LogP contribution in [0.5, 0.6) is 0 Å². The summed E-state index contributed by atoms with van der Waals surface area (Å²) in [6, 6.07) is 13.5. The highest BCUT2D eigenvalue weighted by atomic mass is 32.2. The lowest BCUT2D eigenvalue weighted by Gasteiger charge is -2.35. The average molecular weight is 451 g/mol. The Kier molecular flexibility index (Phi) is 6.67. The number of nitrogens with zero attached hydrogens (tertiary/aromatic N) is 4. The van der Waals surface area contributed by atoms with Gasteiger partial charge in [-0.15, -0.1) is 0 Å². The highest BCUT2D eigenvalue weighted by Gasteiger charge is 2.27. The molecule has 168 valence electrons. The molecule has 0 radical (unpaired) electrons. The molecule has 1 aliphatic rings. The van der Waals surface area contributed by atoms with Gasteiger partial charge in [-0.1, -0.05) is 36.9 Å². The molecule has 1 aromatic heterocycles. The van der Waals surface area contributed by atoms with Crippen molar-refractivity contribution < 1.29 is 4.79 Å². The topological polar surface area (TPSA) is 58.4 Å². The number of likely N-dealkylation sites (N-methyl/N-ethyl adjacent to an activating group) is 1. The maximum Gasteiger partial charge on any atom is 0.266 e. The van der Waals surface area contributed by atoms with Crippen LogP contribution < -0.4 is 5.56 Å². The summed E-state index contributed by atoms with van der Waals surface area (Å²) in [5.74, 6) is 0.0973. The van der Waals surface area contributed by atoms with Crippen LogP contribution in [0.25, 0.3) is 16.6 Å². The third-order valence-corrected chi connectivity index (χ3v) is 7.01. The van der Waals surface area contributed by atoms with Crippen LogP contribution in [0.1, 0.15) is 25.0 Å². The fraction of sp³-hybridized carbons (Fsp3) is 0.400. The second kappa shape index (κ2) is 9.46. The van der Waals surface area contributed by atoms with Crippen LogP contribution in [0, 0.1) is 13.8 Å². The van der Waals surface area contributed by atoms with Crippen LogP contribution in [0.2, 0.25) is 0 Å². The molecule has 0 N–H and O–H groups in total. The quantitative estimate of drug-likeness (QED) is 0.439. The van der Waals surface area contributed by atoms with Crippen LogP contribution in [0.4, 0.5) is 0 Å². The van der Waals surface area contributed by atoms with Crippen molar-refractivity contribution in [2.24, 2.45) is 0 Å². The minimum Gasteiger partial charge on any atom is -0.339 e. The Hall–Kier alpha value is -2.64. The molecule has 4 rings (SSSR count). The van der Waals surface area contributed by atoms with E-state index >= 15 is 0 Å². The second-order valence-electron chi connectivity index (χ2n) is 8.42. The third kappa shape index (κ3) is 4.59. The number of amides is 1. The monoisotopic (exact) mass is 450 g/mol. The number of fused-ring (bicyclic) bond motifs is 1. The van der Waals surface area contributed by atoms with E-state index in [1.165, 1.54) is 11.8 Å². The lowest BCUT2D eigenvalue weighted by atomic mass is 10.1. The number of thioether (sulfide) groups is 1. The minimum absolute atomic E-state index is 0.0973. The van der Waals surface area contributed by atoms with Gasteiger partial charge < -0.3 is 9.80 Å². The highest BCUT2D eigenvalue weighted by molar-refractivity contribution is 8.00. The lowest BCUT2D eigenvalue weighted by Crippen LogP contribution is -2.50. The summed E-state index contributed by atoms with van der Waals surface area (Å²) >= 11 is 1.36. The maximum atomic E-state index is 13.5. The van der Waals surface area contributed by atoms with Crippen LogP contribution in [-0.4, -0.2) is 63.2 Å². The van der Waals surface area contributed by atoms with Crippen LogP contribution in [0.3, 0.4) is 0 Å². The molecule has 1 unspecified atom stereocenters. The molecule has 32 heavy (non-hydrogen) atoms. The summed E-state index contributed by atoms with van der Waals surface area (Å²) in [7, 11) is 0. The van der Waals surface area contributed by atoms with Gasteiger partial charge >= 0.3 is 0 Å². The first kappa shape index (κ1) is 22.6. The normalized spacial score (nSPS) is 15.8. The molecule has 1 fully saturated rings. The number of hydrogen-bond donors (Lipinski definition) is 0. The fourth-order valence-corrected chi connectivity index (χ4v) is 5.26. The summed E-state index contributed by atoms with van der Waals surface area (Å²) in [6.07, 6.45) is 0. The van der Waals surface area contributed by atoms with Crippen LogP contribution in [0.15, 0.2) is 52.4 Å². The molecular formula is C25H30N4O2S. The van der Waals surface area contributed by atoms with Gasteiger partial charge in [0.25, 0.3) is 5.56 Å². The smallest absolute Gasteiger partial charge is 0.266 e. The van der Waals surface area contributed by atoms with Gasteiger partial charge in [-0.2, -0.15) is 0 Å². The first-order valence-electron chi connectivity index (χ1n) is 11.2. The molecule has 0 spiro atoms. The fourth-order valence-electron chi connectivity index (χ4n) is 4.25. The first-order valence-corrected chi connectivity index (χ1v) is 12.0. The van der Waals surface area contributed by atoms with E-state index < -0.39 is 0 Å². The van der Waals surface area contributed by atoms with E-state index in [0.717, 1.165) is 49.5 Å². The average Bonchev–Trinajstić information content (AvgIpc) is 2.78. The van der Waals surface area contributed by atoms with Gasteiger partial charge in [0.05, 0.1) is 21.8 Å². The van der Waals surface area contributed by atoms with E-state index in [1.807, 2.05) is 56.0 Å².